The summed E-state index contributed by atoms with van der Waals surface area (Å²) in [6.45, 7) is 0. The largest absolute Gasteiger partial charge is 0.495 e. The Morgan fingerprint density at radius 3 is 2.70 bits per heavy atom. The zero-order valence-corrected chi connectivity index (χ0v) is 15.2. The number of methoxy groups -OCH3 is 1. The summed E-state index contributed by atoms with van der Waals surface area (Å²) in [4.78, 5) is 28.5. The van der Waals surface area contributed by atoms with Gasteiger partial charge in [-0.05, 0) is 29.8 Å². The molecule has 3 rings (SSSR count). The molecule has 27 heavy (non-hydrogen) atoms. The number of ether oxygens (including phenoxy) is 1. The van der Waals surface area contributed by atoms with Crippen molar-refractivity contribution in [1.82, 2.24) is 10.3 Å². The van der Waals surface area contributed by atoms with Gasteiger partial charge in [0.1, 0.15) is 11.8 Å². The van der Waals surface area contributed by atoms with Crippen LogP contribution < -0.4 is 10.1 Å². The van der Waals surface area contributed by atoms with E-state index in [1.54, 1.807) is 42.5 Å². The first-order valence-electron chi connectivity index (χ1n) is 8.19. The summed E-state index contributed by atoms with van der Waals surface area (Å²) in [5.74, 6) is -1.10. The highest BCUT2D eigenvalue weighted by Crippen LogP contribution is 2.25. The molecule has 0 aliphatic carbocycles. The van der Waals surface area contributed by atoms with Gasteiger partial charge in [0.05, 0.1) is 23.2 Å². The highest BCUT2D eigenvalue weighted by molar-refractivity contribution is 6.32. The minimum Gasteiger partial charge on any atom is -0.495 e. The van der Waals surface area contributed by atoms with Crippen molar-refractivity contribution in [3.05, 3.63) is 70.9 Å². The Bertz CT molecular complexity index is 1000. The van der Waals surface area contributed by atoms with E-state index in [2.05, 4.69) is 10.3 Å². The number of halogens is 1. The van der Waals surface area contributed by atoms with Crippen LogP contribution in [-0.4, -0.2) is 35.1 Å². The van der Waals surface area contributed by atoms with Crippen LogP contribution >= 0.6 is 11.6 Å². The van der Waals surface area contributed by atoms with E-state index in [0.717, 1.165) is 0 Å². The molecule has 0 saturated heterocycles. The lowest BCUT2D eigenvalue weighted by molar-refractivity contribution is -0.139. The second-order valence-corrected chi connectivity index (χ2v) is 6.32. The summed E-state index contributed by atoms with van der Waals surface area (Å²) < 4.78 is 5.09. The molecule has 2 N–H and O–H groups in total. The fourth-order valence-electron chi connectivity index (χ4n) is 2.80. The quantitative estimate of drug-likeness (QED) is 0.680. The average molecular weight is 385 g/mol. The second kappa shape index (κ2) is 8.05. The predicted molar refractivity (Wildman–Crippen MR) is 102 cm³/mol. The maximum absolute atomic E-state index is 12.7. The molecule has 2 aromatic carbocycles. The Morgan fingerprint density at radius 1 is 1.22 bits per heavy atom. The van der Waals surface area contributed by atoms with E-state index in [0.29, 0.717) is 32.8 Å². The minimum absolute atomic E-state index is 0.0911. The molecular formula is C20H17ClN2O4. The molecule has 0 bridgehead atoms. The Morgan fingerprint density at radius 2 is 2.00 bits per heavy atom. The van der Waals surface area contributed by atoms with Gasteiger partial charge in [0.2, 0.25) is 0 Å². The summed E-state index contributed by atoms with van der Waals surface area (Å²) in [6.07, 6.45) is 1.62. The number of nitrogens with one attached hydrogen (secondary N) is 1. The van der Waals surface area contributed by atoms with Gasteiger partial charge >= 0.3 is 5.97 Å². The third-order valence-corrected chi connectivity index (χ3v) is 4.45. The van der Waals surface area contributed by atoms with Gasteiger partial charge in [0, 0.05) is 18.0 Å². The number of amides is 1. The van der Waals surface area contributed by atoms with Crippen molar-refractivity contribution < 1.29 is 19.4 Å². The molecule has 0 unspecified atom stereocenters. The molecule has 0 fully saturated rings. The molecule has 0 aliphatic heterocycles. The molecule has 0 saturated carbocycles. The molecule has 1 aromatic heterocycles. The number of carboxylic acid groups (broad SMARTS) is 1. The maximum atomic E-state index is 12.7. The van der Waals surface area contributed by atoms with E-state index in [1.807, 2.05) is 6.07 Å². The second-order valence-electron chi connectivity index (χ2n) is 5.91. The van der Waals surface area contributed by atoms with E-state index >= 15 is 0 Å². The van der Waals surface area contributed by atoms with Crippen LogP contribution in [0.3, 0.4) is 0 Å². The fourth-order valence-corrected chi connectivity index (χ4v) is 3.08. The molecule has 7 heteroatoms. The van der Waals surface area contributed by atoms with Gasteiger partial charge in [0.25, 0.3) is 5.91 Å². The first-order valence-corrected chi connectivity index (χ1v) is 8.57. The molecule has 138 valence electrons. The topological polar surface area (TPSA) is 88.5 Å². The van der Waals surface area contributed by atoms with Crippen LogP contribution in [0.15, 0.2) is 54.7 Å². The van der Waals surface area contributed by atoms with Gasteiger partial charge in [-0.2, -0.15) is 0 Å². The predicted octanol–water partition coefficient (Wildman–Crippen LogP) is 3.32. The van der Waals surface area contributed by atoms with Crippen molar-refractivity contribution in [2.24, 2.45) is 0 Å². The highest BCUT2D eigenvalue weighted by atomic mass is 35.5. The number of carboxylic acids is 1. The van der Waals surface area contributed by atoms with E-state index in [1.165, 1.54) is 13.3 Å². The van der Waals surface area contributed by atoms with Crippen molar-refractivity contribution in [2.75, 3.05) is 7.11 Å². The van der Waals surface area contributed by atoms with Crippen molar-refractivity contribution in [3.63, 3.8) is 0 Å². The van der Waals surface area contributed by atoms with Crippen molar-refractivity contribution in [2.45, 2.75) is 12.5 Å². The smallest absolute Gasteiger partial charge is 0.326 e. The van der Waals surface area contributed by atoms with Crippen LogP contribution in [0, 0.1) is 0 Å². The lowest BCUT2D eigenvalue weighted by Crippen LogP contribution is -2.42. The number of fused-ring (bicyclic) bond motifs is 1. The number of carbonyl (C=O) groups is 2. The fraction of sp³-hybridized carbons (Fsp3) is 0.150. The monoisotopic (exact) mass is 384 g/mol. The summed E-state index contributed by atoms with van der Waals surface area (Å²) in [5, 5.41) is 13.2. The normalized spacial score (nSPS) is 11.8. The molecule has 1 atom stereocenters. The van der Waals surface area contributed by atoms with Gasteiger partial charge < -0.3 is 15.2 Å². The van der Waals surface area contributed by atoms with E-state index in [4.69, 9.17) is 16.3 Å². The molecule has 0 spiro atoms. The zero-order valence-electron chi connectivity index (χ0n) is 14.5. The SMILES string of the molecule is COc1ccc(C[C@@H](NC(=O)c2ccnc3ccccc23)C(=O)O)cc1Cl. The molecule has 0 aliphatic rings. The van der Waals surface area contributed by atoms with Gasteiger partial charge in [-0.25, -0.2) is 4.79 Å². The summed E-state index contributed by atoms with van der Waals surface area (Å²) in [6, 6.07) is 12.7. The van der Waals surface area contributed by atoms with Gasteiger partial charge in [-0.15, -0.1) is 0 Å². The number of pyridine rings is 1. The number of rotatable bonds is 6. The molecule has 6 nitrogen and oxygen atoms in total. The van der Waals surface area contributed by atoms with Crippen LogP contribution in [-0.2, 0) is 11.2 Å². The Hall–Kier alpha value is -3.12. The number of hydrogen-bond acceptors (Lipinski definition) is 4. The Labute approximate surface area is 160 Å². The van der Waals surface area contributed by atoms with Gasteiger partial charge in [0.15, 0.2) is 0 Å². The lowest BCUT2D eigenvalue weighted by Gasteiger charge is -2.16. The van der Waals surface area contributed by atoms with Crippen LogP contribution in [0.5, 0.6) is 5.75 Å². The number of para-hydroxylation sites is 1. The number of carbonyl (C=O) groups excluding carboxylic acids is 1. The van der Waals surface area contributed by atoms with Crippen LogP contribution in [0.25, 0.3) is 10.9 Å². The van der Waals surface area contributed by atoms with E-state index < -0.39 is 17.9 Å². The van der Waals surface area contributed by atoms with Crippen molar-refractivity contribution >= 4 is 34.4 Å². The number of aromatic nitrogens is 1. The third-order valence-electron chi connectivity index (χ3n) is 4.15. The van der Waals surface area contributed by atoms with E-state index in [-0.39, 0.29) is 6.42 Å². The van der Waals surface area contributed by atoms with E-state index in [9.17, 15) is 14.7 Å². The molecule has 1 heterocycles. The highest BCUT2D eigenvalue weighted by Gasteiger charge is 2.22. The zero-order chi connectivity index (χ0) is 19.4. The van der Waals surface area contributed by atoms with Crippen LogP contribution in [0.1, 0.15) is 15.9 Å². The number of aliphatic carboxylic acids is 1. The lowest BCUT2D eigenvalue weighted by atomic mass is 10.0. The summed E-state index contributed by atoms with van der Waals surface area (Å²) in [5.41, 5.74) is 1.71. The number of nitrogens with zero attached hydrogens (tertiary/aromatic N) is 1. The third kappa shape index (κ3) is 4.17. The molecule has 0 radical (unpaired) electrons. The molecular weight excluding hydrogens is 368 g/mol. The first-order chi connectivity index (χ1) is 13.0. The number of benzene rings is 2. The Balaban J connectivity index is 1.83. The van der Waals surface area contributed by atoms with Crippen molar-refractivity contribution in [3.8, 4) is 5.75 Å². The average Bonchev–Trinajstić information content (AvgIpc) is 2.67. The molecule has 3 aromatic rings. The first kappa shape index (κ1) is 18.7. The minimum atomic E-state index is -1.13. The van der Waals surface area contributed by atoms with Crippen molar-refractivity contribution in [1.29, 1.82) is 0 Å². The summed E-state index contributed by atoms with van der Waals surface area (Å²) in [7, 11) is 1.50. The number of hydrogen-bond donors (Lipinski definition) is 2. The van der Waals surface area contributed by atoms with Gasteiger partial charge in [-0.3, -0.25) is 9.78 Å². The van der Waals surface area contributed by atoms with Crippen LogP contribution in [0.2, 0.25) is 5.02 Å². The van der Waals surface area contributed by atoms with Crippen LogP contribution in [0.4, 0.5) is 0 Å². The van der Waals surface area contributed by atoms with Gasteiger partial charge in [-0.1, -0.05) is 35.9 Å². The molecule has 1 amide bonds. The standard InChI is InChI=1S/C20H17ClN2O4/c1-27-18-7-6-12(10-15(18)21)11-17(20(25)26)23-19(24)14-8-9-22-16-5-3-2-4-13(14)16/h2-10,17H,11H2,1H3,(H,23,24)(H,25,26)/t17-/m1/s1. The maximum Gasteiger partial charge on any atom is 0.326 e. The Kier molecular flexibility index (Phi) is 5.57. The summed E-state index contributed by atoms with van der Waals surface area (Å²) >= 11 is 6.09.